The largest absolute Gasteiger partial charge is 0.467 e. The third-order valence-corrected chi connectivity index (χ3v) is 4.98. The summed E-state index contributed by atoms with van der Waals surface area (Å²) in [6.07, 6.45) is 5.70. The molecule has 1 aromatic heterocycles. The van der Waals surface area contributed by atoms with Crippen molar-refractivity contribution >= 4 is 23.0 Å². The highest BCUT2D eigenvalue weighted by atomic mass is 32.1. The van der Waals surface area contributed by atoms with E-state index < -0.39 is 0 Å². The molecule has 0 unspecified atom stereocenters. The summed E-state index contributed by atoms with van der Waals surface area (Å²) in [6, 6.07) is 12.2. The smallest absolute Gasteiger partial charge is 0.173 e. The van der Waals surface area contributed by atoms with Crippen LogP contribution >= 0.6 is 12.2 Å². The topological polar surface area (TPSA) is 31.6 Å². The van der Waals surface area contributed by atoms with Crippen LogP contribution in [0.4, 0.5) is 5.69 Å². The molecule has 0 aliphatic carbocycles. The van der Waals surface area contributed by atoms with E-state index in [1.165, 1.54) is 37.9 Å². The van der Waals surface area contributed by atoms with Gasteiger partial charge >= 0.3 is 0 Å². The van der Waals surface area contributed by atoms with Gasteiger partial charge in [-0.2, -0.15) is 0 Å². The molecule has 2 aromatic rings. The van der Waals surface area contributed by atoms with Gasteiger partial charge in [0.1, 0.15) is 5.76 Å². The summed E-state index contributed by atoms with van der Waals surface area (Å²) in [6.45, 7) is 7.12. The van der Waals surface area contributed by atoms with E-state index >= 15 is 0 Å². The van der Waals surface area contributed by atoms with Gasteiger partial charge < -0.3 is 19.5 Å². The third-order valence-electron chi connectivity index (χ3n) is 4.62. The molecule has 134 valence electrons. The molecule has 1 saturated heterocycles. The maximum absolute atomic E-state index is 5.70. The van der Waals surface area contributed by atoms with Crippen molar-refractivity contribution in [2.75, 3.05) is 31.5 Å². The molecule has 4 nitrogen and oxygen atoms in total. The molecule has 0 radical (unpaired) electrons. The van der Waals surface area contributed by atoms with Crippen LogP contribution in [0.15, 0.2) is 47.1 Å². The summed E-state index contributed by atoms with van der Waals surface area (Å²) in [4.78, 5) is 4.74. The summed E-state index contributed by atoms with van der Waals surface area (Å²) >= 11 is 5.70. The first kappa shape index (κ1) is 18.0. The lowest BCUT2D eigenvalue weighted by atomic mass is 10.1. The Balaban J connectivity index is 1.62. The van der Waals surface area contributed by atoms with Crippen LogP contribution in [0.25, 0.3) is 0 Å². The van der Waals surface area contributed by atoms with Gasteiger partial charge in [-0.05, 0) is 74.9 Å². The minimum Gasteiger partial charge on any atom is -0.467 e. The fourth-order valence-electron chi connectivity index (χ4n) is 3.21. The lowest BCUT2D eigenvalue weighted by Gasteiger charge is -2.31. The lowest BCUT2D eigenvalue weighted by molar-refractivity contribution is 0.207. The lowest BCUT2D eigenvalue weighted by Crippen LogP contribution is -2.41. The number of benzene rings is 1. The van der Waals surface area contributed by atoms with Gasteiger partial charge in [0.25, 0.3) is 0 Å². The predicted octanol–water partition coefficient (Wildman–Crippen LogP) is 4.27. The van der Waals surface area contributed by atoms with E-state index in [1.54, 1.807) is 6.26 Å². The van der Waals surface area contributed by atoms with Crippen LogP contribution in [0, 0.1) is 6.92 Å². The standard InChI is InChI=1S/C20H27N3OS/c1-17-7-5-8-18(15-17)21-20(25)23(16-19-9-6-14-24-19)13-12-22-10-3-2-4-11-22/h5-9,14-15H,2-4,10-13,16H2,1H3,(H,21,25). The molecule has 5 heteroatoms. The zero-order chi connectivity index (χ0) is 17.5. The Morgan fingerprint density at radius 1 is 1.20 bits per heavy atom. The second kappa shape index (κ2) is 9.02. The first-order chi connectivity index (χ1) is 12.2. The van der Waals surface area contributed by atoms with Crippen LogP contribution in [0.5, 0.6) is 0 Å². The number of nitrogens with zero attached hydrogens (tertiary/aromatic N) is 2. The van der Waals surface area contributed by atoms with Gasteiger partial charge in [-0.15, -0.1) is 0 Å². The molecule has 25 heavy (non-hydrogen) atoms. The molecule has 0 atom stereocenters. The number of anilines is 1. The number of piperidine rings is 1. The van der Waals surface area contributed by atoms with Crippen LogP contribution < -0.4 is 5.32 Å². The molecule has 1 aromatic carbocycles. The number of furan rings is 1. The molecule has 1 fully saturated rings. The normalized spacial score (nSPS) is 15.1. The van der Waals surface area contributed by atoms with E-state index in [2.05, 4.69) is 40.2 Å². The molecule has 1 aliphatic heterocycles. The van der Waals surface area contributed by atoms with Crippen LogP contribution in [-0.2, 0) is 6.54 Å². The van der Waals surface area contributed by atoms with Gasteiger partial charge in [-0.3, -0.25) is 0 Å². The second-order valence-electron chi connectivity index (χ2n) is 6.70. The Kier molecular flexibility index (Phi) is 6.48. The average molecular weight is 358 g/mol. The number of aryl methyl sites for hydroxylation is 1. The highest BCUT2D eigenvalue weighted by Crippen LogP contribution is 2.14. The molecule has 0 spiro atoms. The van der Waals surface area contributed by atoms with Crippen molar-refractivity contribution in [3.05, 3.63) is 54.0 Å². The quantitative estimate of drug-likeness (QED) is 0.780. The van der Waals surface area contributed by atoms with E-state index in [1.807, 2.05) is 18.2 Å². The molecular weight excluding hydrogens is 330 g/mol. The van der Waals surface area contributed by atoms with Crippen molar-refractivity contribution in [2.24, 2.45) is 0 Å². The fraction of sp³-hybridized carbons (Fsp3) is 0.450. The highest BCUT2D eigenvalue weighted by molar-refractivity contribution is 7.80. The number of hydrogen-bond acceptors (Lipinski definition) is 3. The zero-order valence-corrected chi connectivity index (χ0v) is 15.7. The second-order valence-corrected chi connectivity index (χ2v) is 7.09. The van der Waals surface area contributed by atoms with E-state index in [0.717, 1.165) is 29.6 Å². The maximum Gasteiger partial charge on any atom is 0.173 e. The third kappa shape index (κ3) is 5.58. The minimum atomic E-state index is 0.693. The number of nitrogens with one attached hydrogen (secondary N) is 1. The predicted molar refractivity (Wildman–Crippen MR) is 107 cm³/mol. The number of hydrogen-bond donors (Lipinski definition) is 1. The van der Waals surface area contributed by atoms with Crippen LogP contribution in [0.3, 0.4) is 0 Å². The van der Waals surface area contributed by atoms with Gasteiger partial charge in [0.05, 0.1) is 12.8 Å². The Bertz CT molecular complexity index is 665. The van der Waals surface area contributed by atoms with Crippen LogP contribution in [0.2, 0.25) is 0 Å². The van der Waals surface area contributed by atoms with Gasteiger partial charge in [-0.1, -0.05) is 18.6 Å². The minimum absolute atomic E-state index is 0.693. The zero-order valence-electron chi connectivity index (χ0n) is 14.9. The summed E-state index contributed by atoms with van der Waals surface area (Å²) in [5, 5.41) is 4.13. The Hall–Kier alpha value is -1.85. The molecule has 0 saturated carbocycles. The number of likely N-dealkylation sites (tertiary alicyclic amines) is 1. The summed E-state index contributed by atoms with van der Waals surface area (Å²) in [7, 11) is 0. The van der Waals surface area contributed by atoms with Crippen molar-refractivity contribution in [3.8, 4) is 0 Å². The van der Waals surface area contributed by atoms with Crippen molar-refractivity contribution in [2.45, 2.75) is 32.7 Å². The molecule has 0 amide bonds. The van der Waals surface area contributed by atoms with Gasteiger partial charge in [-0.25, -0.2) is 0 Å². The van der Waals surface area contributed by atoms with Crippen LogP contribution in [-0.4, -0.2) is 41.1 Å². The van der Waals surface area contributed by atoms with E-state index in [-0.39, 0.29) is 0 Å². The number of rotatable bonds is 6. The maximum atomic E-state index is 5.70. The highest BCUT2D eigenvalue weighted by Gasteiger charge is 2.16. The molecule has 1 N–H and O–H groups in total. The summed E-state index contributed by atoms with van der Waals surface area (Å²) in [5.41, 5.74) is 2.26. The van der Waals surface area contributed by atoms with Crippen molar-refractivity contribution < 1.29 is 4.42 Å². The molecule has 1 aliphatic rings. The first-order valence-electron chi connectivity index (χ1n) is 9.08. The SMILES string of the molecule is Cc1cccc(NC(=S)N(CCN2CCCCC2)Cc2ccco2)c1. The molecular formula is C20H27N3OS. The van der Waals surface area contributed by atoms with E-state index in [4.69, 9.17) is 16.6 Å². The van der Waals surface area contributed by atoms with Gasteiger partial charge in [0, 0.05) is 18.8 Å². The monoisotopic (exact) mass is 357 g/mol. The fourth-order valence-corrected chi connectivity index (χ4v) is 3.49. The Morgan fingerprint density at radius 2 is 2.04 bits per heavy atom. The van der Waals surface area contributed by atoms with Crippen LogP contribution in [0.1, 0.15) is 30.6 Å². The first-order valence-corrected chi connectivity index (χ1v) is 9.49. The summed E-state index contributed by atoms with van der Waals surface area (Å²) in [5.74, 6) is 0.937. The number of thiocarbonyl (C=S) groups is 1. The molecule has 2 heterocycles. The van der Waals surface area contributed by atoms with Crippen molar-refractivity contribution in [1.82, 2.24) is 9.80 Å². The molecule has 3 rings (SSSR count). The van der Waals surface area contributed by atoms with Gasteiger partial charge in [0.2, 0.25) is 0 Å². The summed E-state index contributed by atoms with van der Waals surface area (Å²) < 4.78 is 5.53. The van der Waals surface area contributed by atoms with Crippen molar-refractivity contribution in [3.63, 3.8) is 0 Å². The average Bonchev–Trinajstić information content (AvgIpc) is 3.12. The Labute approximate surface area is 155 Å². The Morgan fingerprint density at radius 3 is 2.76 bits per heavy atom. The molecule has 0 bridgehead atoms. The van der Waals surface area contributed by atoms with Crippen molar-refractivity contribution in [1.29, 1.82) is 0 Å². The van der Waals surface area contributed by atoms with E-state index in [0.29, 0.717) is 6.54 Å². The van der Waals surface area contributed by atoms with E-state index in [9.17, 15) is 0 Å². The van der Waals surface area contributed by atoms with Gasteiger partial charge in [0.15, 0.2) is 5.11 Å².